The van der Waals surface area contributed by atoms with E-state index < -0.39 is 0 Å². The van der Waals surface area contributed by atoms with Gasteiger partial charge in [0.15, 0.2) is 0 Å². The van der Waals surface area contributed by atoms with Crippen molar-refractivity contribution in [3.63, 3.8) is 0 Å². The largest absolute Gasteiger partial charge is 0.425 e. The summed E-state index contributed by atoms with van der Waals surface area (Å²) in [5, 5.41) is 9.50. The number of aromatic nitrogens is 3. The number of nitrogens with one attached hydrogen (secondary N) is 1. The van der Waals surface area contributed by atoms with E-state index in [9.17, 15) is 4.79 Å². The monoisotopic (exact) mass is 410 g/mol. The van der Waals surface area contributed by atoms with Gasteiger partial charge in [0.05, 0.1) is 0 Å². The highest BCUT2D eigenvalue weighted by Gasteiger charge is 2.17. The molecule has 7 nitrogen and oxygen atoms in total. The third-order valence-electron chi connectivity index (χ3n) is 5.98. The van der Waals surface area contributed by atoms with Crippen LogP contribution in [0, 0.1) is 5.92 Å². The number of rotatable bonds is 9. The molecule has 160 valence electrons. The van der Waals surface area contributed by atoms with Gasteiger partial charge in [0, 0.05) is 63.2 Å². The lowest BCUT2D eigenvalue weighted by Gasteiger charge is -2.24. The van der Waals surface area contributed by atoms with Gasteiger partial charge in [-0.2, -0.15) is 0 Å². The Labute approximate surface area is 176 Å². The van der Waals surface area contributed by atoms with Crippen LogP contribution in [0.2, 0.25) is 0 Å². The van der Waals surface area contributed by atoms with Crippen molar-refractivity contribution in [1.29, 1.82) is 0 Å². The average molecular weight is 411 g/mol. The summed E-state index contributed by atoms with van der Waals surface area (Å²) in [5.74, 6) is 1.95. The van der Waals surface area contributed by atoms with E-state index in [-0.39, 0.29) is 5.91 Å². The first-order valence-corrected chi connectivity index (χ1v) is 10.9. The molecule has 2 aromatic heterocycles. The predicted octanol–water partition coefficient (Wildman–Crippen LogP) is 3.54. The zero-order chi connectivity index (χ0) is 20.8. The van der Waals surface area contributed by atoms with Gasteiger partial charge in [-0.3, -0.25) is 4.79 Å². The Morgan fingerprint density at radius 1 is 1.13 bits per heavy atom. The summed E-state index contributed by atoms with van der Waals surface area (Å²) in [4.78, 5) is 17.5. The van der Waals surface area contributed by atoms with Crippen molar-refractivity contribution in [3.8, 4) is 0 Å². The van der Waals surface area contributed by atoms with Gasteiger partial charge in [-0.05, 0) is 43.2 Å². The Hall–Kier alpha value is -2.67. The fraction of sp³-hybridized carbons (Fsp3) is 0.522. The third-order valence-corrected chi connectivity index (χ3v) is 5.98. The van der Waals surface area contributed by atoms with Crippen LogP contribution in [0.15, 0.2) is 34.9 Å². The number of para-hydroxylation sites is 1. The molecule has 7 heteroatoms. The number of benzene rings is 1. The minimum absolute atomic E-state index is 0.126. The molecule has 1 N–H and O–H groups in total. The summed E-state index contributed by atoms with van der Waals surface area (Å²) in [6, 6.07) is 8.25. The number of carbonyl (C=O) groups excluding carboxylic acids is 1. The molecule has 0 aliphatic carbocycles. The quantitative estimate of drug-likeness (QED) is 0.583. The van der Waals surface area contributed by atoms with Crippen LogP contribution in [-0.2, 0) is 28.8 Å². The molecule has 4 rings (SSSR count). The number of hydrogen-bond donors (Lipinski definition) is 1. The van der Waals surface area contributed by atoms with Crippen LogP contribution in [0.1, 0.15) is 43.0 Å². The minimum Gasteiger partial charge on any atom is -0.425 e. The molecular formula is C23H30N4O3. The van der Waals surface area contributed by atoms with E-state index in [1.807, 2.05) is 30.3 Å². The van der Waals surface area contributed by atoms with Gasteiger partial charge < -0.3 is 19.0 Å². The standard InChI is InChI=1S/C23H30N4O3/c1-27(13-10-17-11-14-29-15-12-17)23(28)9-8-22-26-25-21(30-22)7-6-18-16-24-20-5-3-2-4-19(18)20/h2-5,16-17,24H,6-15H2,1H3. The molecule has 0 bridgehead atoms. The zero-order valence-corrected chi connectivity index (χ0v) is 17.6. The summed E-state index contributed by atoms with van der Waals surface area (Å²) in [5.41, 5.74) is 2.38. The second kappa shape index (κ2) is 9.89. The lowest BCUT2D eigenvalue weighted by Crippen LogP contribution is -2.30. The third kappa shape index (κ3) is 5.27. The van der Waals surface area contributed by atoms with Crippen LogP contribution in [0.3, 0.4) is 0 Å². The maximum Gasteiger partial charge on any atom is 0.222 e. The number of fused-ring (bicyclic) bond motifs is 1. The van der Waals surface area contributed by atoms with E-state index in [1.165, 1.54) is 10.9 Å². The fourth-order valence-corrected chi connectivity index (χ4v) is 4.01. The second-order valence-corrected chi connectivity index (χ2v) is 8.11. The van der Waals surface area contributed by atoms with Gasteiger partial charge in [0.25, 0.3) is 0 Å². The van der Waals surface area contributed by atoms with E-state index in [4.69, 9.17) is 9.15 Å². The smallest absolute Gasteiger partial charge is 0.222 e. The first-order chi connectivity index (χ1) is 14.7. The minimum atomic E-state index is 0.126. The average Bonchev–Trinajstić information content (AvgIpc) is 3.42. The molecule has 1 amide bonds. The van der Waals surface area contributed by atoms with Crippen molar-refractivity contribution < 1.29 is 13.9 Å². The fourth-order valence-electron chi connectivity index (χ4n) is 4.01. The molecule has 30 heavy (non-hydrogen) atoms. The van der Waals surface area contributed by atoms with Crippen LogP contribution in [0.4, 0.5) is 0 Å². The number of H-pyrrole nitrogens is 1. The van der Waals surface area contributed by atoms with E-state index in [0.717, 1.165) is 51.0 Å². The Bertz CT molecular complexity index is 958. The predicted molar refractivity (Wildman–Crippen MR) is 114 cm³/mol. The van der Waals surface area contributed by atoms with Crippen LogP contribution in [0.25, 0.3) is 10.9 Å². The molecule has 0 spiro atoms. The Morgan fingerprint density at radius 3 is 2.73 bits per heavy atom. The zero-order valence-electron chi connectivity index (χ0n) is 17.6. The van der Waals surface area contributed by atoms with Gasteiger partial charge >= 0.3 is 0 Å². The Kier molecular flexibility index (Phi) is 6.79. The molecule has 1 fully saturated rings. The van der Waals surface area contributed by atoms with Crippen LogP contribution >= 0.6 is 0 Å². The van der Waals surface area contributed by atoms with Crippen molar-refractivity contribution in [3.05, 3.63) is 47.8 Å². The molecule has 1 aliphatic rings. The number of amides is 1. The van der Waals surface area contributed by atoms with E-state index in [1.54, 1.807) is 0 Å². The molecule has 3 aromatic rings. The number of nitrogens with zero attached hydrogens (tertiary/aromatic N) is 3. The van der Waals surface area contributed by atoms with Crippen molar-refractivity contribution in [1.82, 2.24) is 20.1 Å². The lowest BCUT2D eigenvalue weighted by atomic mass is 9.96. The molecule has 3 heterocycles. The summed E-state index contributed by atoms with van der Waals surface area (Å²) >= 11 is 0. The number of aryl methyl sites for hydroxylation is 3. The summed E-state index contributed by atoms with van der Waals surface area (Å²) in [6.07, 6.45) is 7.69. The second-order valence-electron chi connectivity index (χ2n) is 8.11. The highest BCUT2D eigenvalue weighted by Crippen LogP contribution is 2.20. The Morgan fingerprint density at radius 2 is 1.90 bits per heavy atom. The SMILES string of the molecule is CN(CCC1CCOCC1)C(=O)CCc1nnc(CCc2c[nH]c3ccccc23)o1. The normalized spacial score (nSPS) is 15.0. The van der Waals surface area contributed by atoms with Crippen molar-refractivity contribution >= 4 is 16.8 Å². The van der Waals surface area contributed by atoms with Crippen molar-refractivity contribution in [2.45, 2.75) is 44.9 Å². The molecule has 1 saturated heterocycles. The number of ether oxygens (including phenoxy) is 1. The Balaban J connectivity index is 1.20. The first-order valence-electron chi connectivity index (χ1n) is 10.9. The molecule has 0 radical (unpaired) electrons. The van der Waals surface area contributed by atoms with E-state index in [2.05, 4.69) is 27.3 Å². The maximum atomic E-state index is 12.4. The number of aromatic amines is 1. The van der Waals surface area contributed by atoms with Gasteiger partial charge in [-0.25, -0.2) is 0 Å². The van der Waals surface area contributed by atoms with Crippen molar-refractivity contribution in [2.24, 2.45) is 5.92 Å². The highest BCUT2D eigenvalue weighted by molar-refractivity contribution is 5.83. The number of carbonyl (C=O) groups is 1. The van der Waals surface area contributed by atoms with Crippen LogP contribution in [0.5, 0.6) is 0 Å². The van der Waals surface area contributed by atoms with Gasteiger partial charge in [-0.1, -0.05) is 18.2 Å². The topological polar surface area (TPSA) is 84.2 Å². The first kappa shape index (κ1) is 20.6. The lowest BCUT2D eigenvalue weighted by molar-refractivity contribution is -0.130. The van der Waals surface area contributed by atoms with Crippen LogP contribution in [-0.4, -0.2) is 52.8 Å². The van der Waals surface area contributed by atoms with Crippen molar-refractivity contribution in [2.75, 3.05) is 26.8 Å². The van der Waals surface area contributed by atoms with E-state index in [0.29, 0.717) is 37.0 Å². The van der Waals surface area contributed by atoms with Crippen LogP contribution < -0.4 is 0 Å². The molecule has 0 unspecified atom stereocenters. The van der Waals surface area contributed by atoms with Gasteiger partial charge in [0.2, 0.25) is 17.7 Å². The molecule has 0 saturated carbocycles. The number of hydrogen-bond acceptors (Lipinski definition) is 5. The molecule has 1 aromatic carbocycles. The van der Waals surface area contributed by atoms with E-state index >= 15 is 0 Å². The van der Waals surface area contributed by atoms with Gasteiger partial charge in [0.1, 0.15) is 0 Å². The maximum absolute atomic E-state index is 12.4. The summed E-state index contributed by atoms with van der Waals surface area (Å²) < 4.78 is 11.2. The molecule has 1 aliphatic heterocycles. The summed E-state index contributed by atoms with van der Waals surface area (Å²) in [6.45, 7) is 2.49. The molecular weight excluding hydrogens is 380 g/mol. The van der Waals surface area contributed by atoms with Gasteiger partial charge in [-0.15, -0.1) is 10.2 Å². The summed E-state index contributed by atoms with van der Waals surface area (Å²) in [7, 11) is 1.88. The molecule has 0 atom stereocenters. The highest BCUT2D eigenvalue weighted by atomic mass is 16.5.